The second-order valence-electron chi connectivity index (χ2n) is 7.50. The monoisotopic (exact) mass is 500 g/mol. The quantitative estimate of drug-likeness (QED) is 0.298. The van der Waals surface area contributed by atoms with E-state index in [1.807, 2.05) is 6.92 Å². The first-order chi connectivity index (χ1) is 16.2. The number of rotatable bonds is 6. The van der Waals surface area contributed by atoms with Crippen molar-refractivity contribution in [2.75, 3.05) is 11.1 Å². The van der Waals surface area contributed by atoms with Crippen LogP contribution in [-0.2, 0) is 0 Å². The third kappa shape index (κ3) is 5.32. The van der Waals surface area contributed by atoms with Crippen LogP contribution in [0.15, 0.2) is 55.0 Å². The van der Waals surface area contributed by atoms with Crippen molar-refractivity contribution >= 4 is 40.2 Å². The van der Waals surface area contributed by atoms with Gasteiger partial charge < -0.3 is 15.8 Å². The lowest BCUT2D eigenvalue weighted by Gasteiger charge is -2.17. The van der Waals surface area contributed by atoms with Gasteiger partial charge in [-0.2, -0.15) is 0 Å². The van der Waals surface area contributed by atoms with Gasteiger partial charge in [-0.3, -0.25) is 9.78 Å². The first kappa shape index (κ1) is 23.6. The summed E-state index contributed by atoms with van der Waals surface area (Å²) in [4.78, 5) is 22.0. The molecular formula is C24H19ClF2N4O2S. The summed E-state index contributed by atoms with van der Waals surface area (Å²) < 4.78 is 33.5. The normalized spacial score (nSPS) is 11.8. The van der Waals surface area contributed by atoms with E-state index in [0.717, 1.165) is 17.3 Å². The summed E-state index contributed by atoms with van der Waals surface area (Å²) in [7, 11) is 0. The van der Waals surface area contributed by atoms with Crippen molar-refractivity contribution in [3.8, 4) is 17.0 Å². The second-order valence-corrected chi connectivity index (χ2v) is 9.20. The fourth-order valence-electron chi connectivity index (χ4n) is 3.33. The minimum Gasteiger partial charge on any atom is -0.484 e. The second kappa shape index (κ2) is 9.74. The van der Waals surface area contributed by atoms with Crippen LogP contribution < -0.4 is 15.8 Å². The Bertz CT molecular complexity index is 1360. The van der Waals surface area contributed by atoms with Gasteiger partial charge in [0.25, 0.3) is 5.91 Å². The molecule has 0 aliphatic rings. The van der Waals surface area contributed by atoms with Crippen molar-refractivity contribution in [3.05, 3.63) is 87.0 Å². The van der Waals surface area contributed by atoms with Crippen LogP contribution in [-0.4, -0.2) is 15.9 Å². The van der Waals surface area contributed by atoms with Gasteiger partial charge >= 0.3 is 0 Å². The molecule has 0 saturated carbocycles. The van der Waals surface area contributed by atoms with Gasteiger partial charge in [-0.1, -0.05) is 11.6 Å². The predicted molar refractivity (Wildman–Crippen MR) is 129 cm³/mol. The highest BCUT2D eigenvalue weighted by Gasteiger charge is 2.20. The summed E-state index contributed by atoms with van der Waals surface area (Å²) in [6.07, 6.45) is 3.01. The van der Waals surface area contributed by atoms with E-state index in [0.29, 0.717) is 38.1 Å². The van der Waals surface area contributed by atoms with Crippen LogP contribution in [0.2, 0.25) is 5.02 Å². The van der Waals surface area contributed by atoms with Crippen molar-refractivity contribution in [1.82, 2.24) is 9.97 Å². The topological polar surface area (TPSA) is 90.1 Å². The summed E-state index contributed by atoms with van der Waals surface area (Å²) in [6.45, 7) is 3.52. The molecule has 10 heteroatoms. The molecule has 3 N–H and O–H groups in total. The van der Waals surface area contributed by atoms with E-state index in [1.165, 1.54) is 29.7 Å². The van der Waals surface area contributed by atoms with Crippen molar-refractivity contribution in [2.24, 2.45) is 0 Å². The molecule has 0 radical (unpaired) electrons. The Morgan fingerprint density at radius 2 is 1.88 bits per heavy atom. The number of carbonyl (C=O) groups is 1. The number of nitrogens with zero attached hydrogens (tertiary/aromatic N) is 2. The molecule has 0 unspecified atom stereocenters. The van der Waals surface area contributed by atoms with Crippen LogP contribution in [0.3, 0.4) is 0 Å². The fraction of sp³-hybridized carbons (Fsp3) is 0.125. The molecule has 0 aliphatic heterocycles. The number of nitrogens with one attached hydrogen (secondary N) is 1. The number of halogens is 3. The Morgan fingerprint density at radius 3 is 2.62 bits per heavy atom. The summed E-state index contributed by atoms with van der Waals surface area (Å²) in [5, 5.41) is 3.17. The lowest BCUT2D eigenvalue weighted by atomic mass is 10.1. The first-order valence-electron chi connectivity index (χ1n) is 10.1. The van der Waals surface area contributed by atoms with Crippen LogP contribution in [0.25, 0.3) is 11.3 Å². The molecule has 0 bridgehead atoms. The molecule has 6 nitrogen and oxygen atoms in total. The molecule has 3 heterocycles. The molecule has 0 aliphatic carbocycles. The molecule has 34 heavy (non-hydrogen) atoms. The molecule has 4 aromatic rings. The number of thiophene rings is 1. The van der Waals surface area contributed by atoms with Crippen LogP contribution in [0.1, 0.15) is 33.1 Å². The van der Waals surface area contributed by atoms with E-state index in [4.69, 9.17) is 22.1 Å². The van der Waals surface area contributed by atoms with Gasteiger partial charge in [-0.05, 0) is 44.2 Å². The molecule has 4 rings (SSSR count). The average molecular weight is 501 g/mol. The zero-order chi connectivity index (χ0) is 24.4. The maximum atomic E-state index is 14.0. The lowest BCUT2D eigenvalue weighted by molar-refractivity contribution is 0.103. The smallest absolute Gasteiger partial charge is 0.265 e. The molecule has 174 valence electrons. The highest BCUT2D eigenvalue weighted by molar-refractivity contribution is 7.14. The Hall–Kier alpha value is -3.56. The van der Waals surface area contributed by atoms with Crippen molar-refractivity contribution < 1.29 is 18.3 Å². The SMILES string of the molecule is Cc1sc(C(=O)Nc2cc(N)cc(Cl)c2)cc1-c1ncc(F)cc1O[C@H](C)c1cncc(F)c1. The van der Waals surface area contributed by atoms with Gasteiger partial charge in [0.15, 0.2) is 0 Å². The molecule has 0 spiro atoms. The highest BCUT2D eigenvalue weighted by Crippen LogP contribution is 2.37. The van der Waals surface area contributed by atoms with E-state index in [1.54, 1.807) is 31.2 Å². The lowest BCUT2D eigenvalue weighted by Crippen LogP contribution is -2.10. The first-order valence-corrected chi connectivity index (χ1v) is 11.3. The zero-order valence-electron chi connectivity index (χ0n) is 18.1. The van der Waals surface area contributed by atoms with Crippen molar-refractivity contribution in [2.45, 2.75) is 20.0 Å². The van der Waals surface area contributed by atoms with Gasteiger partial charge in [0.05, 0.1) is 17.3 Å². The number of carbonyl (C=O) groups excluding carboxylic acids is 1. The highest BCUT2D eigenvalue weighted by atomic mass is 35.5. The Balaban J connectivity index is 1.63. The van der Waals surface area contributed by atoms with E-state index in [2.05, 4.69) is 15.3 Å². The molecule has 1 atom stereocenters. The minimum absolute atomic E-state index is 0.159. The largest absolute Gasteiger partial charge is 0.484 e. The van der Waals surface area contributed by atoms with E-state index < -0.39 is 17.7 Å². The number of amides is 1. The number of aromatic nitrogens is 2. The third-order valence-electron chi connectivity index (χ3n) is 4.89. The number of anilines is 2. The van der Waals surface area contributed by atoms with E-state index in [9.17, 15) is 13.6 Å². The average Bonchev–Trinajstić information content (AvgIpc) is 3.15. The molecule has 0 saturated heterocycles. The molecule has 1 aromatic carbocycles. The van der Waals surface area contributed by atoms with Gasteiger partial charge in [-0.15, -0.1) is 11.3 Å². The number of benzene rings is 1. The maximum absolute atomic E-state index is 14.0. The summed E-state index contributed by atoms with van der Waals surface area (Å²) >= 11 is 7.26. The molecular weight excluding hydrogens is 482 g/mol. The number of nitrogen functional groups attached to an aromatic ring is 1. The van der Waals surface area contributed by atoms with Crippen LogP contribution >= 0.6 is 22.9 Å². The Morgan fingerprint density at radius 1 is 1.12 bits per heavy atom. The number of aryl methyl sites for hydroxylation is 1. The Labute approximate surface area is 203 Å². The zero-order valence-corrected chi connectivity index (χ0v) is 19.7. The minimum atomic E-state index is -0.624. The number of hydrogen-bond acceptors (Lipinski definition) is 6. The maximum Gasteiger partial charge on any atom is 0.265 e. The van der Waals surface area contributed by atoms with E-state index >= 15 is 0 Å². The standard InChI is InChI=1S/C24H19ClF2N4O2S/c1-12(14-3-16(26)10-29-9-14)33-21-6-17(27)11-30-23(21)20-8-22(34-13(20)2)24(32)31-19-5-15(25)4-18(28)7-19/h3-12H,28H2,1-2H3,(H,31,32)/t12-/m1/s1. The van der Waals surface area contributed by atoms with Gasteiger partial charge in [0.2, 0.25) is 0 Å². The fourth-order valence-corrected chi connectivity index (χ4v) is 4.49. The predicted octanol–water partition coefficient (Wildman–Crippen LogP) is 6.42. The number of hydrogen-bond donors (Lipinski definition) is 2. The van der Waals surface area contributed by atoms with Crippen LogP contribution in [0, 0.1) is 18.6 Å². The third-order valence-corrected chi connectivity index (χ3v) is 6.16. The van der Waals surface area contributed by atoms with Crippen LogP contribution in [0.4, 0.5) is 20.2 Å². The number of pyridine rings is 2. The number of ether oxygens (including phenoxy) is 1. The van der Waals surface area contributed by atoms with Crippen molar-refractivity contribution in [1.29, 1.82) is 0 Å². The molecule has 1 amide bonds. The van der Waals surface area contributed by atoms with Gasteiger partial charge in [-0.25, -0.2) is 13.8 Å². The van der Waals surface area contributed by atoms with Crippen molar-refractivity contribution in [3.63, 3.8) is 0 Å². The van der Waals surface area contributed by atoms with E-state index in [-0.39, 0.29) is 11.7 Å². The van der Waals surface area contributed by atoms with Gasteiger partial charge in [0.1, 0.15) is 29.2 Å². The molecule has 0 fully saturated rings. The summed E-state index contributed by atoms with van der Waals surface area (Å²) in [6, 6.07) is 8.93. The number of nitrogens with two attached hydrogens (primary N) is 1. The van der Waals surface area contributed by atoms with Crippen LogP contribution in [0.5, 0.6) is 5.75 Å². The molecule has 3 aromatic heterocycles. The Kier molecular flexibility index (Phi) is 6.76. The van der Waals surface area contributed by atoms with Gasteiger partial charge in [0, 0.05) is 44.7 Å². The summed E-state index contributed by atoms with van der Waals surface area (Å²) in [5.41, 5.74) is 8.12. The summed E-state index contributed by atoms with van der Waals surface area (Å²) in [5.74, 6) is -1.29.